The maximum absolute atomic E-state index is 9.75. The van der Waals surface area contributed by atoms with Gasteiger partial charge in [0, 0.05) is 18.0 Å². The highest BCUT2D eigenvalue weighted by atomic mass is 35.5. The highest BCUT2D eigenvalue weighted by Crippen LogP contribution is 2.33. The number of halogens is 1. The van der Waals surface area contributed by atoms with Gasteiger partial charge in [-0.1, -0.05) is 11.6 Å². The number of aromatic nitrogens is 1. The van der Waals surface area contributed by atoms with Crippen LogP contribution in [0.25, 0.3) is 0 Å². The molecule has 1 aliphatic rings. The lowest BCUT2D eigenvalue weighted by atomic mass is 10.0. The van der Waals surface area contributed by atoms with Gasteiger partial charge in [-0.15, -0.1) is 0 Å². The van der Waals surface area contributed by atoms with E-state index in [2.05, 4.69) is 4.98 Å². The fourth-order valence-corrected chi connectivity index (χ4v) is 1.94. The van der Waals surface area contributed by atoms with Crippen molar-refractivity contribution >= 4 is 11.6 Å². The van der Waals surface area contributed by atoms with Crippen LogP contribution in [-0.2, 0) is 4.74 Å². The van der Waals surface area contributed by atoms with Crippen molar-refractivity contribution in [2.75, 3.05) is 6.61 Å². The van der Waals surface area contributed by atoms with Gasteiger partial charge >= 0.3 is 0 Å². The molecule has 88 valence electrons. The monoisotopic (exact) mass is 245 g/mol. The number of pyridine rings is 1. The van der Waals surface area contributed by atoms with Crippen LogP contribution in [0.3, 0.4) is 0 Å². The second-order valence-electron chi connectivity index (χ2n) is 3.70. The van der Waals surface area contributed by atoms with Crippen molar-refractivity contribution in [3.8, 4) is 0 Å². The third-order valence-corrected chi connectivity index (χ3v) is 2.80. The van der Waals surface area contributed by atoms with Crippen molar-refractivity contribution in [3.63, 3.8) is 0 Å². The molecule has 2 heterocycles. The van der Waals surface area contributed by atoms with Crippen LogP contribution in [0.1, 0.15) is 11.7 Å². The Kier molecular flexibility index (Phi) is 3.41. The molecule has 0 bridgehead atoms. The minimum absolute atomic E-state index is 0.345. The Morgan fingerprint density at radius 3 is 2.62 bits per heavy atom. The maximum Gasteiger partial charge on any atom is 0.113 e. The Labute approximate surface area is 97.3 Å². The standard InChI is InChI=1S/C10H12ClNO4/c11-6-1-5(2-12-3-6)10-9(15)8(14)7(4-13)16-10/h1-3,7-10,13-15H,4H2/t7-,8-,9-,10+/m1/s1. The summed E-state index contributed by atoms with van der Waals surface area (Å²) in [6.07, 6.45) is -0.706. The smallest absolute Gasteiger partial charge is 0.113 e. The second-order valence-corrected chi connectivity index (χ2v) is 4.13. The van der Waals surface area contributed by atoms with E-state index in [0.717, 1.165) is 0 Å². The molecule has 5 nitrogen and oxygen atoms in total. The zero-order valence-electron chi connectivity index (χ0n) is 8.32. The molecule has 1 fully saturated rings. The normalized spacial score (nSPS) is 34.2. The molecule has 0 spiro atoms. The molecular weight excluding hydrogens is 234 g/mol. The Bertz CT molecular complexity index is 376. The fraction of sp³-hybridized carbons (Fsp3) is 0.500. The Balaban J connectivity index is 2.23. The van der Waals surface area contributed by atoms with Gasteiger partial charge < -0.3 is 20.1 Å². The third kappa shape index (κ3) is 2.05. The average molecular weight is 246 g/mol. The van der Waals surface area contributed by atoms with Gasteiger partial charge in [-0.3, -0.25) is 4.98 Å². The maximum atomic E-state index is 9.75. The Morgan fingerprint density at radius 1 is 1.31 bits per heavy atom. The molecule has 16 heavy (non-hydrogen) atoms. The van der Waals surface area contributed by atoms with Crippen LogP contribution in [-0.4, -0.2) is 45.2 Å². The van der Waals surface area contributed by atoms with E-state index in [0.29, 0.717) is 10.6 Å². The summed E-state index contributed by atoms with van der Waals surface area (Å²) in [6, 6.07) is 1.61. The van der Waals surface area contributed by atoms with E-state index >= 15 is 0 Å². The van der Waals surface area contributed by atoms with Gasteiger partial charge in [-0.25, -0.2) is 0 Å². The van der Waals surface area contributed by atoms with Gasteiger partial charge in [-0.05, 0) is 6.07 Å². The van der Waals surface area contributed by atoms with E-state index in [9.17, 15) is 10.2 Å². The van der Waals surface area contributed by atoms with Gasteiger partial charge in [0.05, 0.1) is 11.6 Å². The van der Waals surface area contributed by atoms with Crippen molar-refractivity contribution in [2.24, 2.45) is 0 Å². The van der Waals surface area contributed by atoms with Gasteiger partial charge in [0.1, 0.15) is 24.4 Å². The molecule has 0 saturated carbocycles. The van der Waals surface area contributed by atoms with Crippen LogP contribution >= 0.6 is 11.6 Å². The van der Waals surface area contributed by atoms with Crippen LogP contribution in [0.15, 0.2) is 18.5 Å². The van der Waals surface area contributed by atoms with E-state index in [-0.39, 0.29) is 6.61 Å². The number of aliphatic hydroxyl groups is 3. The molecule has 0 aromatic carbocycles. The minimum Gasteiger partial charge on any atom is -0.394 e. The summed E-state index contributed by atoms with van der Waals surface area (Å²) < 4.78 is 5.33. The van der Waals surface area contributed by atoms with Gasteiger partial charge in [0.15, 0.2) is 0 Å². The Hall–Kier alpha value is -0.720. The fourth-order valence-electron chi connectivity index (χ4n) is 1.76. The molecular formula is C10H12ClNO4. The van der Waals surface area contributed by atoms with E-state index in [1.165, 1.54) is 12.4 Å². The molecule has 1 aromatic rings. The molecule has 0 radical (unpaired) electrons. The lowest BCUT2D eigenvalue weighted by Crippen LogP contribution is -2.32. The number of hydrogen-bond donors (Lipinski definition) is 3. The minimum atomic E-state index is -1.10. The van der Waals surface area contributed by atoms with E-state index in [1.54, 1.807) is 6.07 Å². The summed E-state index contributed by atoms with van der Waals surface area (Å²) in [4.78, 5) is 3.87. The van der Waals surface area contributed by atoms with Gasteiger partial charge in [0.25, 0.3) is 0 Å². The SMILES string of the molecule is OC[C@H]1O[C@@H](c2cncc(Cl)c2)[C@H](O)[C@@H]1O. The van der Waals surface area contributed by atoms with Crippen molar-refractivity contribution in [3.05, 3.63) is 29.0 Å². The number of rotatable bonds is 2. The predicted molar refractivity (Wildman–Crippen MR) is 56.0 cm³/mol. The molecule has 1 aromatic heterocycles. The number of nitrogens with zero attached hydrogens (tertiary/aromatic N) is 1. The van der Waals surface area contributed by atoms with Gasteiger partial charge in [0.2, 0.25) is 0 Å². The number of ether oxygens (including phenoxy) is 1. The summed E-state index contributed by atoms with van der Waals surface area (Å²) in [5.74, 6) is 0. The lowest BCUT2D eigenvalue weighted by Gasteiger charge is -2.14. The highest BCUT2D eigenvalue weighted by Gasteiger charge is 2.43. The molecule has 6 heteroatoms. The molecule has 0 amide bonds. The third-order valence-electron chi connectivity index (χ3n) is 2.60. The van der Waals surface area contributed by atoms with E-state index in [4.69, 9.17) is 21.4 Å². The quantitative estimate of drug-likeness (QED) is 0.677. The average Bonchev–Trinajstić information content (AvgIpc) is 2.56. The summed E-state index contributed by atoms with van der Waals surface area (Å²) in [5.41, 5.74) is 0.579. The molecule has 4 atom stereocenters. The summed E-state index contributed by atoms with van der Waals surface area (Å²) in [7, 11) is 0. The first-order chi connectivity index (χ1) is 7.63. The second kappa shape index (κ2) is 4.65. The van der Waals surface area contributed by atoms with Crippen LogP contribution in [0.2, 0.25) is 5.02 Å². The summed E-state index contributed by atoms with van der Waals surface area (Å²) in [6.45, 7) is -0.345. The first-order valence-corrected chi connectivity index (χ1v) is 5.24. The summed E-state index contributed by atoms with van der Waals surface area (Å²) in [5, 5.41) is 28.7. The molecule has 2 rings (SSSR count). The molecule has 1 aliphatic heterocycles. The Morgan fingerprint density at radius 2 is 2.06 bits per heavy atom. The van der Waals surface area contributed by atoms with Crippen LogP contribution < -0.4 is 0 Å². The van der Waals surface area contributed by atoms with Crippen molar-refractivity contribution < 1.29 is 20.1 Å². The molecule has 0 aliphatic carbocycles. The number of hydrogen-bond acceptors (Lipinski definition) is 5. The van der Waals surface area contributed by atoms with Crippen molar-refractivity contribution in [1.82, 2.24) is 4.98 Å². The van der Waals surface area contributed by atoms with E-state index in [1.807, 2.05) is 0 Å². The molecule has 3 N–H and O–H groups in total. The lowest BCUT2D eigenvalue weighted by molar-refractivity contribution is -0.0228. The topological polar surface area (TPSA) is 82.8 Å². The first-order valence-electron chi connectivity index (χ1n) is 4.86. The zero-order valence-corrected chi connectivity index (χ0v) is 9.08. The van der Waals surface area contributed by atoms with E-state index < -0.39 is 24.4 Å². The first kappa shape index (κ1) is 11.8. The van der Waals surface area contributed by atoms with Gasteiger partial charge in [-0.2, -0.15) is 0 Å². The van der Waals surface area contributed by atoms with Crippen molar-refractivity contribution in [1.29, 1.82) is 0 Å². The largest absolute Gasteiger partial charge is 0.394 e. The van der Waals surface area contributed by atoms with Crippen molar-refractivity contribution in [2.45, 2.75) is 24.4 Å². The number of aliphatic hydroxyl groups excluding tert-OH is 3. The molecule has 0 unspecified atom stereocenters. The van der Waals surface area contributed by atoms with Crippen LogP contribution in [0, 0.1) is 0 Å². The van der Waals surface area contributed by atoms with Crippen LogP contribution in [0.4, 0.5) is 0 Å². The predicted octanol–water partition coefficient (Wildman–Crippen LogP) is -0.111. The van der Waals surface area contributed by atoms with Crippen LogP contribution in [0.5, 0.6) is 0 Å². The highest BCUT2D eigenvalue weighted by molar-refractivity contribution is 6.30. The zero-order chi connectivity index (χ0) is 11.7. The molecule has 1 saturated heterocycles. The summed E-state index contributed by atoms with van der Waals surface area (Å²) >= 11 is 5.77.